The molecule has 0 unspecified atom stereocenters. The summed E-state index contributed by atoms with van der Waals surface area (Å²) in [5.41, 5.74) is 3.68. The zero-order chi connectivity index (χ0) is 15.8. The van der Waals surface area contributed by atoms with Crippen molar-refractivity contribution in [3.63, 3.8) is 0 Å². The van der Waals surface area contributed by atoms with E-state index in [1.807, 2.05) is 37.3 Å². The van der Waals surface area contributed by atoms with Crippen LogP contribution in [0.1, 0.15) is 29.9 Å². The average molecular weight is 300 g/mol. The Bertz CT molecular complexity index is 630. The molecular formula is C17H20N2O3. The quantitative estimate of drug-likeness (QED) is 0.631. The number of hydrogen-bond donors (Lipinski definition) is 1. The molecule has 0 aliphatic rings. The van der Waals surface area contributed by atoms with Gasteiger partial charge in [0.1, 0.15) is 17.3 Å². The molecule has 1 N–H and O–H groups in total. The van der Waals surface area contributed by atoms with Crippen LogP contribution in [0.25, 0.3) is 0 Å². The normalized spacial score (nSPS) is 10.8. The van der Waals surface area contributed by atoms with E-state index >= 15 is 0 Å². The van der Waals surface area contributed by atoms with Crippen LogP contribution in [0.15, 0.2) is 45.9 Å². The van der Waals surface area contributed by atoms with Crippen molar-refractivity contribution in [2.75, 3.05) is 7.11 Å². The Morgan fingerprint density at radius 3 is 2.68 bits per heavy atom. The summed E-state index contributed by atoms with van der Waals surface area (Å²) in [6.07, 6.45) is 3.54. The third-order valence-corrected chi connectivity index (χ3v) is 3.17. The Labute approximate surface area is 130 Å². The van der Waals surface area contributed by atoms with Crippen molar-refractivity contribution < 1.29 is 13.9 Å². The molecule has 0 bridgehead atoms. The lowest BCUT2D eigenvalue weighted by Crippen LogP contribution is -2.17. The average Bonchev–Trinajstić information content (AvgIpc) is 2.93. The lowest BCUT2D eigenvalue weighted by Gasteiger charge is -2.03. The number of nitrogens with one attached hydrogen (secondary N) is 1. The number of carbonyl (C=O) groups excluding carboxylic acids is 1. The zero-order valence-electron chi connectivity index (χ0n) is 12.8. The molecular weight excluding hydrogens is 280 g/mol. The highest BCUT2D eigenvalue weighted by Crippen LogP contribution is 2.13. The van der Waals surface area contributed by atoms with Gasteiger partial charge in [0.2, 0.25) is 5.91 Å². The number of ether oxygens (including phenoxy) is 1. The second-order valence-corrected chi connectivity index (χ2v) is 4.94. The summed E-state index contributed by atoms with van der Waals surface area (Å²) in [7, 11) is 1.64. The molecule has 5 heteroatoms. The standard InChI is InChI=1S/C17H20N2O3/c1-13-6-9-16(22-13)12-18-19-17(20)5-3-4-14-7-10-15(21-2)11-8-14/h6-12H,3-5H2,1-2H3,(H,19,20)/b18-12-. The van der Waals surface area contributed by atoms with Crippen molar-refractivity contribution in [1.82, 2.24) is 5.43 Å². The fourth-order valence-corrected chi connectivity index (χ4v) is 1.99. The van der Waals surface area contributed by atoms with Crippen LogP contribution >= 0.6 is 0 Å². The van der Waals surface area contributed by atoms with Gasteiger partial charge in [0.15, 0.2) is 0 Å². The fourth-order valence-electron chi connectivity index (χ4n) is 1.99. The zero-order valence-corrected chi connectivity index (χ0v) is 12.8. The molecule has 0 saturated heterocycles. The van der Waals surface area contributed by atoms with E-state index in [1.54, 1.807) is 13.2 Å². The number of aryl methyl sites for hydroxylation is 2. The topological polar surface area (TPSA) is 63.8 Å². The van der Waals surface area contributed by atoms with Crippen LogP contribution in [-0.2, 0) is 11.2 Å². The fraction of sp³-hybridized carbons (Fsp3) is 0.294. The Balaban J connectivity index is 1.67. The lowest BCUT2D eigenvalue weighted by atomic mass is 10.1. The molecule has 1 heterocycles. The number of amides is 1. The van der Waals surface area contributed by atoms with E-state index in [1.165, 1.54) is 11.8 Å². The van der Waals surface area contributed by atoms with Crippen LogP contribution < -0.4 is 10.2 Å². The summed E-state index contributed by atoms with van der Waals surface area (Å²) in [4.78, 5) is 11.7. The van der Waals surface area contributed by atoms with E-state index in [9.17, 15) is 4.79 Å². The van der Waals surface area contributed by atoms with Crippen LogP contribution in [0, 0.1) is 6.92 Å². The van der Waals surface area contributed by atoms with Crippen LogP contribution in [0.2, 0.25) is 0 Å². The van der Waals surface area contributed by atoms with E-state index in [0.29, 0.717) is 12.2 Å². The minimum absolute atomic E-state index is 0.104. The summed E-state index contributed by atoms with van der Waals surface area (Å²) in [6.45, 7) is 1.86. The Kier molecular flexibility index (Phi) is 5.77. The Morgan fingerprint density at radius 1 is 1.27 bits per heavy atom. The first-order valence-corrected chi connectivity index (χ1v) is 7.18. The third-order valence-electron chi connectivity index (χ3n) is 3.17. The molecule has 0 saturated carbocycles. The number of carbonyl (C=O) groups is 1. The summed E-state index contributed by atoms with van der Waals surface area (Å²) >= 11 is 0. The first kappa shape index (κ1) is 15.8. The van der Waals surface area contributed by atoms with Crippen LogP contribution in [0.5, 0.6) is 5.75 Å². The number of rotatable bonds is 7. The third kappa shape index (κ3) is 5.09. The second-order valence-electron chi connectivity index (χ2n) is 4.94. The molecule has 1 aromatic carbocycles. The van der Waals surface area contributed by atoms with Gasteiger partial charge >= 0.3 is 0 Å². The first-order valence-electron chi connectivity index (χ1n) is 7.18. The molecule has 116 valence electrons. The van der Waals surface area contributed by atoms with Crippen molar-refractivity contribution >= 4 is 12.1 Å². The summed E-state index contributed by atoms with van der Waals surface area (Å²) in [5, 5.41) is 3.87. The molecule has 0 atom stereocenters. The van der Waals surface area contributed by atoms with Gasteiger partial charge in [-0.15, -0.1) is 0 Å². The van der Waals surface area contributed by atoms with Gasteiger partial charge in [-0.25, -0.2) is 5.43 Å². The smallest absolute Gasteiger partial charge is 0.240 e. The second kappa shape index (κ2) is 8.02. The maximum absolute atomic E-state index is 11.7. The van der Waals surface area contributed by atoms with E-state index < -0.39 is 0 Å². The highest BCUT2D eigenvalue weighted by atomic mass is 16.5. The predicted octanol–water partition coefficient (Wildman–Crippen LogP) is 3.07. The van der Waals surface area contributed by atoms with Gasteiger partial charge in [0.05, 0.1) is 13.3 Å². The minimum Gasteiger partial charge on any atom is -0.497 e. The van der Waals surface area contributed by atoms with Crippen molar-refractivity contribution in [1.29, 1.82) is 0 Å². The number of nitrogens with zero attached hydrogens (tertiary/aromatic N) is 1. The molecule has 1 amide bonds. The van der Waals surface area contributed by atoms with Gasteiger partial charge < -0.3 is 9.15 Å². The van der Waals surface area contributed by atoms with Crippen molar-refractivity contribution in [3.05, 3.63) is 53.5 Å². The maximum Gasteiger partial charge on any atom is 0.240 e. The number of methoxy groups -OCH3 is 1. The van der Waals surface area contributed by atoms with E-state index in [2.05, 4.69) is 10.5 Å². The van der Waals surface area contributed by atoms with E-state index in [0.717, 1.165) is 24.4 Å². The number of furan rings is 1. The molecule has 5 nitrogen and oxygen atoms in total. The van der Waals surface area contributed by atoms with Crippen molar-refractivity contribution in [2.24, 2.45) is 5.10 Å². The predicted molar refractivity (Wildman–Crippen MR) is 85.1 cm³/mol. The molecule has 1 aromatic heterocycles. The number of benzene rings is 1. The highest BCUT2D eigenvalue weighted by Gasteiger charge is 2.01. The molecule has 0 fully saturated rings. The van der Waals surface area contributed by atoms with Gasteiger partial charge in [-0.2, -0.15) is 5.10 Å². The first-order chi connectivity index (χ1) is 10.7. The number of hydrogen-bond acceptors (Lipinski definition) is 4. The lowest BCUT2D eigenvalue weighted by molar-refractivity contribution is -0.121. The van der Waals surface area contributed by atoms with Gasteiger partial charge in [-0.3, -0.25) is 4.79 Å². The molecule has 22 heavy (non-hydrogen) atoms. The molecule has 2 rings (SSSR count). The van der Waals surface area contributed by atoms with Crippen LogP contribution in [0.4, 0.5) is 0 Å². The van der Waals surface area contributed by atoms with Crippen LogP contribution in [0.3, 0.4) is 0 Å². The van der Waals surface area contributed by atoms with Crippen molar-refractivity contribution in [3.8, 4) is 5.75 Å². The van der Waals surface area contributed by atoms with Crippen molar-refractivity contribution in [2.45, 2.75) is 26.2 Å². The van der Waals surface area contributed by atoms with E-state index in [-0.39, 0.29) is 5.91 Å². The summed E-state index contributed by atoms with van der Waals surface area (Å²) in [5.74, 6) is 2.17. The SMILES string of the molecule is COc1ccc(CCCC(=O)N/N=C\c2ccc(C)o2)cc1. The van der Waals surface area contributed by atoms with Gasteiger partial charge in [0, 0.05) is 6.42 Å². The van der Waals surface area contributed by atoms with Gasteiger partial charge in [0.25, 0.3) is 0 Å². The summed E-state index contributed by atoms with van der Waals surface area (Å²) < 4.78 is 10.4. The molecule has 0 radical (unpaired) electrons. The maximum atomic E-state index is 11.7. The van der Waals surface area contributed by atoms with Gasteiger partial charge in [-0.05, 0) is 49.6 Å². The minimum atomic E-state index is -0.104. The molecule has 0 aliphatic heterocycles. The molecule has 0 aliphatic carbocycles. The Morgan fingerprint density at radius 2 is 2.05 bits per heavy atom. The summed E-state index contributed by atoms with van der Waals surface area (Å²) in [6, 6.07) is 11.5. The van der Waals surface area contributed by atoms with E-state index in [4.69, 9.17) is 9.15 Å². The monoisotopic (exact) mass is 300 g/mol. The molecule has 2 aromatic rings. The highest BCUT2D eigenvalue weighted by molar-refractivity contribution is 5.80. The largest absolute Gasteiger partial charge is 0.497 e. The van der Waals surface area contributed by atoms with Gasteiger partial charge in [-0.1, -0.05) is 12.1 Å². The molecule has 0 spiro atoms. The van der Waals surface area contributed by atoms with Crippen LogP contribution in [-0.4, -0.2) is 19.2 Å². The number of hydrazone groups is 1. The Hall–Kier alpha value is -2.56.